The molecule has 6 heteroatoms. The topological polar surface area (TPSA) is 52.7 Å². The lowest BCUT2D eigenvalue weighted by atomic mass is 9.78. The van der Waals surface area contributed by atoms with Crippen LogP contribution >= 0.6 is 11.3 Å². The standard InChI is InChI=1S/C20H31N3O2S/c1-4-15(5-2)12-22-9-6-17(7-10-22)20(3)18(24)23(19(25)21-20)13-16-8-11-26-14-16/h8,11,14-15,17H,4-7,9-10,12-13H2,1-3H3,(H,21,25). The second-order valence-corrected chi connectivity index (χ2v) is 8.69. The smallest absolute Gasteiger partial charge is 0.323 e. The Kier molecular flexibility index (Phi) is 6.03. The van der Waals surface area contributed by atoms with E-state index in [9.17, 15) is 9.59 Å². The molecular formula is C20H31N3O2S. The van der Waals surface area contributed by atoms with Crippen LogP contribution in [0.15, 0.2) is 16.8 Å². The van der Waals surface area contributed by atoms with E-state index in [2.05, 4.69) is 24.1 Å². The van der Waals surface area contributed by atoms with Crippen molar-refractivity contribution in [2.24, 2.45) is 11.8 Å². The van der Waals surface area contributed by atoms with E-state index in [4.69, 9.17) is 0 Å². The molecule has 3 heterocycles. The Morgan fingerprint density at radius 2 is 1.96 bits per heavy atom. The van der Waals surface area contributed by atoms with Gasteiger partial charge in [-0.1, -0.05) is 26.7 Å². The first kappa shape index (κ1) is 19.4. The molecule has 2 aliphatic heterocycles. The van der Waals surface area contributed by atoms with E-state index in [0.29, 0.717) is 6.54 Å². The molecule has 26 heavy (non-hydrogen) atoms. The van der Waals surface area contributed by atoms with Gasteiger partial charge >= 0.3 is 6.03 Å². The number of rotatable bonds is 7. The van der Waals surface area contributed by atoms with E-state index in [-0.39, 0.29) is 17.9 Å². The van der Waals surface area contributed by atoms with Crippen LogP contribution in [-0.4, -0.2) is 46.9 Å². The van der Waals surface area contributed by atoms with Crippen LogP contribution in [0.3, 0.4) is 0 Å². The van der Waals surface area contributed by atoms with Gasteiger partial charge in [0.2, 0.25) is 0 Å². The Hall–Kier alpha value is -1.40. The number of hydrogen-bond acceptors (Lipinski definition) is 4. The number of nitrogens with one attached hydrogen (secondary N) is 1. The van der Waals surface area contributed by atoms with Crippen molar-refractivity contribution in [1.82, 2.24) is 15.1 Å². The minimum Gasteiger partial charge on any atom is -0.323 e. The molecular weight excluding hydrogens is 346 g/mol. The van der Waals surface area contributed by atoms with E-state index in [1.54, 1.807) is 11.3 Å². The summed E-state index contributed by atoms with van der Waals surface area (Å²) in [5.41, 5.74) is 0.261. The molecule has 2 fully saturated rings. The number of hydrogen-bond donors (Lipinski definition) is 1. The van der Waals surface area contributed by atoms with Gasteiger partial charge in [-0.05, 0) is 67.1 Å². The summed E-state index contributed by atoms with van der Waals surface area (Å²) in [7, 11) is 0. The van der Waals surface area contributed by atoms with Gasteiger partial charge in [0.1, 0.15) is 5.54 Å². The summed E-state index contributed by atoms with van der Waals surface area (Å²) in [5.74, 6) is 0.910. The number of amides is 3. The summed E-state index contributed by atoms with van der Waals surface area (Å²) in [6.45, 7) is 10.0. The average Bonchev–Trinajstić information content (AvgIpc) is 3.23. The number of nitrogens with zero attached hydrogens (tertiary/aromatic N) is 2. The SMILES string of the molecule is CCC(CC)CN1CCC(C2(C)NC(=O)N(Cc3ccsc3)C2=O)CC1. The fraction of sp³-hybridized carbons (Fsp3) is 0.700. The van der Waals surface area contributed by atoms with E-state index in [1.165, 1.54) is 17.7 Å². The van der Waals surface area contributed by atoms with Crippen molar-refractivity contribution in [3.8, 4) is 0 Å². The molecule has 0 spiro atoms. The second kappa shape index (κ2) is 8.09. The predicted octanol–water partition coefficient (Wildman–Crippen LogP) is 3.71. The van der Waals surface area contributed by atoms with Crippen molar-refractivity contribution in [3.05, 3.63) is 22.4 Å². The van der Waals surface area contributed by atoms with E-state index in [0.717, 1.165) is 44.0 Å². The fourth-order valence-corrected chi connectivity index (χ4v) is 4.97. The van der Waals surface area contributed by atoms with E-state index >= 15 is 0 Å². The molecule has 3 rings (SSSR count). The molecule has 0 radical (unpaired) electrons. The molecule has 5 nitrogen and oxygen atoms in total. The van der Waals surface area contributed by atoms with Crippen molar-refractivity contribution in [1.29, 1.82) is 0 Å². The molecule has 1 aromatic rings. The van der Waals surface area contributed by atoms with Crippen LogP contribution in [0, 0.1) is 11.8 Å². The summed E-state index contributed by atoms with van der Waals surface area (Å²) in [5, 5.41) is 6.98. The highest BCUT2D eigenvalue weighted by atomic mass is 32.1. The van der Waals surface area contributed by atoms with Gasteiger partial charge in [-0.2, -0.15) is 11.3 Å². The molecule has 0 aliphatic carbocycles. The molecule has 2 saturated heterocycles. The second-order valence-electron chi connectivity index (χ2n) is 7.91. The van der Waals surface area contributed by atoms with Gasteiger partial charge in [-0.25, -0.2) is 4.79 Å². The lowest BCUT2D eigenvalue weighted by Gasteiger charge is -2.39. The highest BCUT2D eigenvalue weighted by molar-refractivity contribution is 7.07. The molecule has 3 amide bonds. The van der Waals surface area contributed by atoms with Crippen LogP contribution in [-0.2, 0) is 11.3 Å². The molecule has 0 aromatic carbocycles. The van der Waals surface area contributed by atoms with E-state index in [1.807, 2.05) is 23.8 Å². The number of piperidine rings is 1. The molecule has 1 unspecified atom stereocenters. The van der Waals surface area contributed by atoms with Crippen molar-refractivity contribution in [2.75, 3.05) is 19.6 Å². The van der Waals surface area contributed by atoms with Gasteiger partial charge in [0.15, 0.2) is 0 Å². The van der Waals surface area contributed by atoms with Crippen LogP contribution < -0.4 is 5.32 Å². The van der Waals surface area contributed by atoms with Crippen molar-refractivity contribution in [2.45, 2.75) is 58.5 Å². The minimum atomic E-state index is -0.756. The predicted molar refractivity (Wildman–Crippen MR) is 105 cm³/mol. The zero-order chi connectivity index (χ0) is 18.7. The van der Waals surface area contributed by atoms with Crippen LogP contribution in [0.5, 0.6) is 0 Å². The molecule has 1 aromatic heterocycles. The summed E-state index contributed by atoms with van der Waals surface area (Å²) < 4.78 is 0. The fourth-order valence-electron chi connectivity index (χ4n) is 4.31. The quantitative estimate of drug-likeness (QED) is 0.737. The minimum absolute atomic E-state index is 0.0628. The molecule has 1 N–H and O–H groups in total. The first-order chi connectivity index (χ1) is 12.5. The molecule has 2 aliphatic rings. The Morgan fingerprint density at radius 1 is 1.27 bits per heavy atom. The number of carbonyl (C=O) groups excluding carboxylic acids is 2. The number of carbonyl (C=O) groups is 2. The maximum absolute atomic E-state index is 13.0. The van der Waals surface area contributed by atoms with Crippen molar-refractivity contribution in [3.63, 3.8) is 0 Å². The number of imide groups is 1. The maximum Gasteiger partial charge on any atom is 0.325 e. The lowest BCUT2D eigenvalue weighted by Crippen LogP contribution is -2.54. The maximum atomic E-state index is 13.0. The monoisotopic (exact) mass is 377 g/mol. The Morgan fingerprint density at radius 3 is 2.54 bits per heavy atom. The normalized spacial score (nSPS) is 25.3. The zero-order valence-electron chi connectivity index (χ0n) is 16.2. The number of likely N-dealkylation sites (tertiary alicyclic amines) is 1. The molecule has 0 bridgehead atoms. The van der Waals surface area contributed by atoms with Gasteiger partial charge < -0.3 is 10.2 Å². The Bertz CT molecular complexity index is 621. The van der Waals surface area contributed by atoms with Crippen molar-refractivity contribution >= 4 is 23.3 Å². The van der Waals surface area contributed by atoms with Gasteiger partial charge in [0.05, 0.1) is 6.54 Å². The lowest BCUT2D eigenvalue weighted by molar-refractivity contribution is -0.133. The molecule has 0 saturated carbocycles. The van der Waals surface area contributed by atoms with Crippen LogP contribution in [0.1, 0.15) is 52.0 Å². The zero-order valence-corrected chi connectivity index (χ0v) is 17.0. The summed E-state index contributed by atoms with van der Waals surface area (Å²) >= 11 is 1.59. The van der Waals surface area contributed by atoms with Crippen LogP contribution in [0.25, 0.3) is 0 Å². The number of urea groups is 1. The summed E-state index contributed by atoms with van der Waals surface area (Å²) in [6.07, 6.45) is 4.38. The van der Waals surface area contributed by atoms with Crippen LogP contribution in [0.4, 0.5) is 4.79 Å². The molecule has 1 atom stereocenters. The third kappa shape index (κ3) is 3.81. The van der Waals surface area contributed by atoms with E-state index < -0.39 is 5.54 Å². The first-order valence-corrected chi connectivity index (χ1v) is 10.8. The Labute approximate surface area is 160 Å². The average molecular weight is 378 g/mol. The third-order valence-corrected chi connectivity index (χ3v) is 7.03. The largest absolute Gasteiger partial charge is 0.325 e. The summed E-state index contributed by atoms with van der Waals surface area (Å²) in [4.78, 5) is 29.4. The summed E-state index contributed by atoms with van der Waals surface area (Å²) in [6, 6.07) is 1.72. The number of thiophene rings is 1. The first-order valence-electron chi connectivity index (χ1n) is 9.85. The Balaban J connectivity index is 1.61. The molecule has 144 valence electrons. The van der Waals surface area contributed by atoms with Gasteiger partial charge in [-0.3, -0.25) is 9.69 Å². The van der Waals surface area contributed by atoms with Gasteiger partial charge in [0, 0.05) is 6.54 Å². The van der Waals surface area contributed by atoms with Crippen molar-refractivity contribution < 1.29 is 9.59 Å². The van der Waals surface area contributed by atoms with Crippen LogP contribution in [0.2, 0.25) is 0 Å². The highest BCUT2D eigenvalue weighted by Crippen LogP contribution is 2.34. The third-order valence-electron chi connectivity index (χ3n) is 6.30. The van der Waals surface area contributed by atoms with Gasteiger partial charge in [0.25, 0.3) is 5.91 Å². The highest BCUT2D eigenvalue weighted by Gasteiger charge is 2.52. The van der Waals surface area contributed by atoms with Gasteiger partial charge in [-0.15, -0.1) is 0 Å².